The highest BCUT2D eigenvalue weighted by atomic mass is 14.7. The molecule has 0 unspecified atom stereocenters. The van der Waals surface area contributed by atoms with Gasteiger partial charge in [0.1, 0.15) is 0 Å². The predicted molar refractivity (Wildman–Crippen MR) is 195 cm³/mol. The van der Waals surface area contributed by atoms with E-state index in [1.807, 2.05) is 0 Å². The van der Waals surface area contributed by atoms with Gasteiger partial charge in [-0.25, -0.2) is 0 Å². The van der Waals surface area contributed by atoms with Crippen molar-refractivity contribution in [1.29, 1.82) is 0 Å². The summed E-state index contributed by atoms with van der Waals surface area (Å²) in [4.78, 5) is 3.73. The maximum Gasteiger partial charge on any atom is 0.0544 e. The number of fused-ring (bicyclic) bond motifs is 6. The number of hydrogen-bond acceptors (Lipinski definition) is 0. The minimum atomic E-state index is -0.110. The largest absolute Gasteiger partial charge is 0.354 e. The number of para-hydroxylation sites is 2. The smallest absolute Gasteiger partial charge is 0.0544 e. The lowest BCUT2D eigenvalue weighted by Gasteiger charge is -2.23. The highest BCUT2D eigenvalue weighted by Crippen LogP contribution is 2.51. The van der Waals surface area contributed by atoms with E-state index in [9.17, 15) is 0 Å². The second kappa shape index (κ2) is 10.2. The summed E-state index contributed by atoms with van der Waals surface area (Å²) < 4.78 is 0. The molecule has 1 aromatic heterocycles. The van der Waals surface area contributed by atoms with Crippen molar-refractivity contribution in [2.45, 2.75) is 19.3 Å². The molecule has 218 valence electrons. The van der Waals surface area contributed by atoms with Crippen LogP contribution in [0, 0.1) is 0 Å². The van der Waals surface area contributed by atoms with Crippen LogP contribution < -0.4 is 0 Å². The molecule has 1 aliphatic carbocycles. The Hall–Kier alpha value is -5.66. The van der Waals surface area contributed by atoms with Crippen molar-refractivity contribution in [3.63, 3.8) is 0 Å². The van der Waals surface area contributed by atoms with Gasteiger partial charge in [-0.05, 0) is 97.6 Å². The maximum atomic E-state index is 3.73. The molecule has 1 heteroatoms. The summed E-state index contributed by atoms with van der Waals surface area (Å²) in [5.41, 5.74) is 17.6. The minimum Gasteiger partial charge on any atom is -0.354 e. The molecule has 0 spiro atoms. The molecule has 0 fully saturated rings. The van der Waals surface area contributed by atoms with E-state index in [0.29, 0.717) is 0 Å². The first kappa shape index (κ1) is 26.7. The Labute approximate surface area is 269 Å². The summed E-state index contributed by atoms with van der Waals surface area (Å²) in [7, 11) is 0. The number of aromatic nitrogens is 1. The van der Waals surface area contributed by atoms with Gasteiger partial charge >= 0.3 is 0 Å². The van der Waals surface area contributed by atoms with E-state index in [0.717, 1.165) is 0 Å². The zero-order valence-electron chi connectivity index (χ0n) is 26.0. The van der Waals surface area contributed by atoms with Gasteiger partial charge in [0.2, 0.25) is 0 Å². The number of rotatable bonds is 4. The number of H-pyrrole nitrogens is 1. The van der Waals surface area contributed by atoms with Crippen molar-refractivity contribution < 1.29 is 0 Å². The lowest BCUT2D eigenvalue weighted by Crippen LogP contribution is -2.15. The highest BCUT2D eigenvalue weighted by Gasteiger charge is 2.36. The zero-order valence-corrected chi connectivity index (χ0v) is 26.0. The van der Waals surface area contributed by atoms with Crippen LogP contribution in [0.5, 0.6) is 0 Å². The molecule has 1 heterocycles. The Kier molecular flexibility index (Phi) is 5.92. The molecule has 1 nitrogen and oxygen atoms in total. The fourth-order valence-electron chi connectivity index (χ4n) is 7.59. The van der Waals surface area contributed by atoms with Crippen LogP contribution in [0.2, 0.25) is 0 Å². The van der Waals surface area contributed by atoms with Gasteiger partial charge < -0.3 is 4.98 Å². The van der Waals surface area contributed by atoms with Crippen molar-refractivity contribution in [3.8, 4) is 55.6 Å². The Morgan fingerprint density at radius 1 is 0.370 bits per heavy atom. The number of aromatic amines is 1. The zero-order chi connectivity index (χ0) is 30.8. The molecule has 0 aliphatic heterocycles. The topological polar surface area (TPSA) is 15.8 Å². The van der Waals surface area contributed by atoms with Gasteiger partial charge in [-0.2, -0.15) is 0 Å². The second-order valence-electron chi connectivity index (χ2n) is 13.1. The molecule has 0 atom stereocenters. The first-order valence-electron chi connectivity index (χ1n) is 16.1. The molecule has 7 aromatic carbocycles. The lowest BCUT2D eigenvalue weighted by atomic mass is 9.80. The average molecular weight is 588 g/mol. The summed E-state index contributed by atoms with van der Waals surface area (Å²) in [6, 6.07) is 57.9. The van der Waals surface area contributed by atoms with Crippen LogP contribution in [0.3, 0.4) is 0 Å². The Bertz CT molecular complexity index is 2430. The van der Waals surface area contributed by atoms with Gasteiger partial charge in [-0.3, -0.25) is 0 Å². The molecule has 0 amide bonds. The third kappa shape index (κ3) is 4.16. The van der Waals surface area contributed by atoms with Crippen LogP contribution in [0.1, 0.15) is 25.0 Å². The van der Waals surface area contributed by atoms with Gasteiger partial charge in [0.25, 0.3) is 0 Å². The van der Waals surface area contributed by atoms with Crippen LogP contribution in [0.4, 0.5) is 0 Å². The van der Waals surface area contributed by atoms with Crippen molar-refractivity contribution in [2.75, 3.05) is 0 Å². The van der Waals surface area contributed by atoms with Crippen molar-refractivity contribution >= 4 is 21.8 Å². The van der Waals surface area contributed by atoms with E-state index in [-0.39, 0.29) is 5.41 Å². The van der Waals surface area contributed by atoms with Gasteiger partial charge in [-0.15, -0.1) is 0 Å². The van der Waals surface area contributed by atoms with Gasteiger partial charge in [-0.1, -0.05) is 135 Å². The fraction of sp³-hybridized carbons (Fsp3) is 0.0667. The monoisotopic (exact) mass is 587 g/mol. The van der Waals surface area contributed by atoms with Crippen LogP contribution in [0.25, 0.3) is 77.4 Å². The molecule has 0 radical (unpaired) electrons. The third-order valence-electron chi connectivity index (χ3n) is 10.0. The van der Waals surface area contributed by atoms with E-state index < -0.39 is 0 Å². The van der Waals surface area contributed by atoms with E-state index in [1.165, 1.54) is 88.6 Å². The predicted octanol–water partition coefficient (Wildman–Crippen LogP) is 12.3. The van der Waals surface area contributed by atoms with E-state index in [1.54, 1.807) is 0 Å². The highest BCUT2D eigenvalue weighted by molar-refractivity contribution is 6.12. The van der Waals surface area contributed by atoms with Crippen molar-refractivity contribution in [3.05, 3.63) is 169 Å². The Balaban J connectivity index is 1.21. The summed E-state index contributed by atoms with van der Waals surface area (Å²) in [6.45, 7) is 4.75. The van der Waals surface area contributed by atoms with E-state index in [2.05, 4.69) is 177 Å². The molecule has 1 N–H and O–H groups in total. The molecule has 46 heavy (non-hydrogen) atoms. The van der Waals surface area contributed by atoms with Gasteiger partial charge in [0.05, 0.1) is 5.52 Å². The molecular formula is C45H33N. The lowest BCUT2D eigenvalue weighted by molar-refractivity contribution is 0.661. The Morgan fingerprint density at radius 3 is 1.57 bits per heavy atom. The van der Waals surface area contributed by atoms with E-state index in [4.69, 9.17) is 0 Å². The summed E-state index contributed by atoms with van der Waals surface area (Å²) in [5.74, 6) is 0. The average Bonchev–Trinajstić information content (AvgIpc) is 3.60. The molecule has 9 rings (SSSR count). The number of nitrogens with one attached hydrogen (secondary N) is 1. The SMILES string of the molecule is CC1(C)c2cc(-c3ccccc3)ccc2-c2ccc(-c3cc(-c4ccccc4)cc(-c4cccc5c4[nH]c4ccccc45)c3)cc21. The summed E-state index contributed by atoms with van der Waals surface area (Å²) in [6.07, 6.45) is 0. The first-order chi connectivity index (χ1) is 22.5. The minimum absolute atomic E-state index is 0.110. The second-order valence-corrected chi connectivity index (χ2v) is 13.1. The molecular weight excluding hydrogens is 555 g/mol. The van der Waals surface area contributed by atoms with Gasteiger partial charge in [0, 0.05) is 27.3 Å². The van der Waals surface area contributed by atoms with Crippen LogP contribution in [0.15, 0.2) is 158 Å². The quantitative estimate of drug-likeness (QED) is 0.211. The van der Waals surface area contributed by atoms with Crippen LogP contribution >= 0.6 is 0 Å². The normalized spacial score (nSPS) is 13.2. The fourth-order valence-corrected chi connectivity index (χ4v) is 7.59. The standard InChI is InChI=1S/C45H33N/c1-45(2)41-27-31(29-12-5-3-6-13-29)20-22-37(41)38-23-21-32(28-42(38)45)34-24-33(30-14-7-4-8-15-30)25-35(26-34)36-17-11-18-40-39-16-9-10-19-43(39)46-44(36)40/h3-28,46H,1-2H3. The molecule has 0 saturated heterocycles. The first-order valence-corrected chi connectivity index (χ1v) is 16.1. The third-order valence-corrected chi connectivity index (χ3v) is 10.0. The molecule has 0 bridgehead atoms. The van der Waals surface area contributed by atoms with Crippen molar-refractivity contribution in [1.82, 2.24) is 4.98 Å². The van der Waals surface area contributed by atoms with Crippen LogP contribution in [-0.2, 0) is 5.41 Å². The maximum absolute atomic E-state index is 3.73. The number of hydrogen-bond donors (Lipinski definition) is 1. The van der Waals surface area contributed by atoms with Gasteiger partial charge in [0.15, 0.2) is 0 Å². The molecule has 1 aliphatic rings. The summed E-state index contributed by atoms with van der Waals surface area (Å²) in [5, 5.41) is 2.52. The summed E-state index contributed by atoms with van der Waals surface area (Å²) >= 11 is 0. The van der Waals surface area contributed by atoms with Crippen molar-refractivity contribution in [2.24, 2.45) is 0 Å². The van der Waals surface area contributed by atoms with Crippen LogP contribution in [-0.4, -0.2) is 4.98 Å². The van der Waals surface area contributed by atoms with E-state index >= 15 is 0 Å². The molecule has 0 saturated carbocycles. The Morgan fingerprint density at radius 2 is 0.891 bits per heavy atom. The number of benzene rings is 7. The molecule has 8 aromatic rings.